The molecule has 1 aliphatic heterocycles. The number of carboxylic acids is 1. The Morgan fingerprint density at radius 1 is 0.857 bits per heavy atom. The number of aliphatic carboxylic acids is 1. The average Bonchev–Trinajstić information content (AvgIpc) is 2.73. The van der Waals surface area contributed by atoms with Crippen LogP contribution in [-0.2, 0) is 17.8 Å². The van der Waals surface area contributed by atoms with Crippen molar-refractivity contribution >= 4 is 17.9 Å². The first-order chi connectivity index (χ1) is 13.5. The number of carboxylic acid groups (broad SMARTS) is 1. The number of imide groups is 1. The Morgan fingerprint density at radius 2 is 1.46 bits per heavy atom. The second-order valence-corrected chi connectivity index (χ2v) is 6.97. The topological polar surface area (TPSA) is 77.9 Å². The van der Waals surface area contributed by atoms with Gasteiger partial charge in [0.1, 0.15) is 0 Å². The summed E-state index contributed by atoms with van der Waals surface area (Å²) < 4.78 is 0. The normalized spacial score (nSPS) is 13.8. The molecule has 1 heterocycles. The first-order valence-electron chi connectivity index (χ1n) is 9.50. The van der Waals surface area contributed by atoms with E-state index in [1.807, 2.05) is 6.07 Å². The number of piperidine rings is 1. The van der Waals surface area contributed by atoms with Gasteiger partial charge in [0.25, 0.3) is 5.91 Å². The average molecular weight is 380 g/mol. The highest BCUT2D eigenvalue weighted by atomic mass is 16.4. The Bertz CT molecular complexity index is 827. The minimum absolute atomic E-state index is 0.0559. The number of carbonyl (C=O) groups excluding carboxylic acids is 2. The standard InChI is InChI=1S/C22H24N2O4/c25-20(26)15-17-9-11-18(12-10-17)16-24(21(27)19-7-3-1-4-8-19)22(28)23-13-5-2-6-14-23/h1,3-4,7-12H,2,5-6,13-16H2,(H,25,26). The van der Waals surface area contributed by atoms with Gasteiger partial charge >= 0.3 is 12.0 Å². The summed E-state index contributed by atoms with van der Waals surface area (Å²) >= 11 is 0. The number of urea groups is 1. The molecule has 1 aliphatic rings. The fourth-order valence-corrected chi connectivity index (χ4v) is 3.34. The molecule has 2 aromatic carbocycles. The fourth-order valence-electron chi connectivity index (χ4n) is 3.34. The number of amides is 3. The summed E-state index contributed by atoms with van der Waals surface area (Å²) in [6.45, 7) is 1.47. The van der Waals surface area contributed by atoms with Crippen LogP contribution in [-0.4, -0.2) is 45.9 Å². The van der Waals surface area contributed by atoms with Crippen LogP contribution in [0.5, 0.6) is 0 Å². The van der Waals surface area contributed by atoms with E-state index >= 15 is 0 Å². The molecular formula is C22H24N2O4. The number of hydrogen-bond acceptors (Lipinski definition) is 3. The van der Waals surface area contributed by atoms with Crippen LogP contribution in [0.1, 0.15) is 40.7 Å². The zero-order valence-corrected chi connectivity index (χ0v) is 15.7. The smallest absolute Gasteiger partial charge is 0.327 e. The summed E-state index contributed by atoms with van der Waals surface area (Å²) in [4.78, 5) is 40.0. The fraction of sp³-hybridized carbons (Fsp3) is 0.318. The van der Waals surface area contributed by atoms with Gasteiger partial charge in [-0.15, -0.1) is 0 Å². The maximum absolute atomic E-state index is 13.1. The largest absolute Gasteiger partial charge is 0.481 e. The molecule has 2 aromatic rings. The second kappa shape index (κ2) is 9.17. The molecule has 1 N–H and O–H groups in total. The Hall–Kier alpha value is -3.15. The van der Waals surface area contributed by atoms with Crippen LogP contribution >= 0.6 is 0 Å². The summed E-state index contributed by atoms with van der Waals surface area (Å²) in [5.74, 6) is -1.22. The molecule has 1 fully saturated rings. The maximum Gasteiger partial charge on any atom is 0.327 e. The van der Waals surface area contributed by atoms with Gasteiger partial charge in [-0.05, 0) is 42.5 Å². The van der Waals surface area contributed by atoms with Crippen LogP contribution in [0, 0.1) is 0 Å². The monoisotopic (exact) mass is 380 g/mol. The third kappa shape index (κ3) is 4.97. The van der Waals surface area contributed by atoms with Gasteiger partial charge in [-0.25, -0.2) is 4.79 Å². The van der Waals surface area contributed by atoms with Crippen molar-refractivity contribution < 1.29 is 19.5 Å². The predicted octanol–water partition coefficient (Wildman–Crippen LogP) is 3.56. The lowest BCUT2D eigenvalue weighted by atomic mass is 10.1. The first-order valence-corrected chi connectivity index (χ1v) is 9.50. The van der Waals surface area contributed by atoms with E-state index in [0.717, 1.165) is 24.8 Å². The van der Waals surface area contributed by atoms with Crippen molar-refractivity contribution in [2.75, 3.05) is 13.1 Å². The summed E-state index contributed by atoms with van der Waals surface area (Å²) in [6.07, 6.45) is 2.94. The Morgan fingerprint density at radius 3 is 2.07 bits per heavy atom. The molecular weight excluding hydrogens is 356 g/mol. The quantitative estimate of drug-likeness (QED) is 0.860. The summed E-state index contributed by atoms with van der Waals surface area (Å²) in [7, 11) is 0. The Balaban J connectivity index is 1.82. The van der Waals surface area contributed by atoms with E-state index in [-0.39, 0.29) is 24.9 Å². The molecule has 1 saturated heterocycles. The molecule has 0 spiro atoms. The van der Waals surface area contributed by atoms with E-state index in [2.05, 4.69) is 0 Å². The lowest BCUT2D eigenvalue weighted by molar-refractivity contribution is -0.136. The van der Waals surface area contributed by atoms with Gasteiger partial charge in [0.2, 0.25) is 0 Å². The third-order valence-electron chi connectivity index (χ3n) is 4.84. The van der Waals surface area contributed by atoms with Gasteiger partial charge in [-0.3, -0.25) is 14.5 Å². The van der Waals surface area contributed by atoms with Crippen LogP contribution in [0.4, 0.5) is 4.79 Å². The van der Waals surface area contributed by atoms with Crippen LogP contribution in [0.3, 0.4) is 0 Å². The SMILES string of the molecule is O=C(O)Cc1ccc(CN(C(=O)c2ccccc2)C(=O)N2CCCCC2)cc1. The van der Waals surface area contributed by atoms with Crippen molar-refractivity contribution in [3.05, 3.63) is 71.3 Å². The number of rotatable bonds is 5. The van der Waals surface area contributed by atoms with Crippen molar-refractivity contribution in [1.82, 2.24) is 9.80 Å². The molecule has 3 rings (SSSR count). The molecule has 0 aromatic heterocycles. The number of hydrogen-bond donors (Lipinski definition) is 1. The molecule has 0 radical (unpaired) electrons. The predicted molar refractivity (Wildman–Crippen MR) is 105 cm³/mol. The first kappa shape index (κ1) is 19.6. The molecule has 0 atom stereocenters. The third-order valence-corrected chi connectivity index (χ3v) is 4.84. The molecule has 3 amide bonds. The number of carbonyl (C=O) groups is 3. The number of benzene rings is 2. The van der Waals surface area contributed by atoms with Crippen LogP contribution in [0.2, 0.25) is 0 Å². The van der Waals surface area contributed by atoms with Crippen molar-refractivity contribution in [3.63, 3.8) is 0 Å². The lowest BCUT2D eigenvalue weighted by Crippen LogP contribution is -2.47. The maximum atomic E-state index is 13.1. The van der Waals surface area contributed by atoms with E-state index in [1.54, 1.807) is 53.4 Å². The minimum atomic E-state index is -0.895. The summed E-state index contributed by atoms with van der Waals surface area (Å²) in [5, 5.41) is 8.89. The number of likely N-dealkylation sites (tertiary alicyclic amines) is 1. The van der Waals surface area contributed by atoms with Crippen molar-refractivity contribution in [2.24, 2.45) is 0 Å². The highest BCUT2D eigenvalue weighted by molar-refractivity contribution is 6.04. The highest BCUT2D eigenvalue weighted by Gasteiger charge is 2.28. The van der Waals surface area contributed by atoms with E-state index in [0.29, 0.717) is 24.2 Å². The second-order valence-electron chi connectivity index (χ2n) is 6.97. The molecule has 0 aliphatic carbocycles. The number of nitrogens with zero attached hydrogens (tertiary/aromatic N) is 2. The van der Waals surface area contributed by atoms with E-state index < -0.39 is 5.97 Å². The Labute approximate surface area is 164 Å². The molecule has 0 bridgehead atoms. The Kier molecular flexibility index (Phi) is 6.42. The van der Waals surface area contributed by atoms with E-state index in [9.17, 15) is 14.4 Å². The molecule has 0 saturated carbocycles. The van der Waals surface area contributed by atoms with Crippen LogP contribution in [0.15, 0.2) is 54.6 Å². The van der Waals surface area contributed by atoms with Crippen molar-refractivity contribution in [1.29, 1.82) is 0 Å². The van der Waals surface area contributed by atoms with Gasteiger partial charge in [-0.1, -0.05) is 42.5 Å². The lowest BCUT2D eigenvalue weighted by Gasteiger charge is -2.32. The van der Waals surface area contributed by atoms with Crippen LogP contribution in [0.25, 0.3) is 0 Å². The van der Waals surface area contributed by atoms with Gasteiger partial charge in [0.05, 0.1) is 13.0 Å². The summed E-state index contributed by atoms with van der Waals surface area (Å²) in [6, 6.07) is 15.5. The molecule has 28 heavy (non-hydrogen) atoms. The van der Waals surface area contributed by atoms with E-state index in [1.165, 1.54) is 4.90 Å². The molecule has 0 unspecified atom stereocenters. The van der Waals surface area contributed by atoms with Gasteiger partial charge in [0, 0.05) is 18.7 Å². The minimum Gasteiger partial charge on any atom is -0.481 e. The van der Waals surface area contributed by atoms with Crippen molar-refractivity contribution in [3.8, 4) is 0 Å². The van der Waals surface area contributed by atoms with Gasteiger partial charge < -0.3 is 10.0 Å². The molecule has 6 nitrogen and oxygen atoms in total. The van der Waals surface area contributed by atoms with Gasteiger partial charge in [0.15, 0.2) is 0 Å². The zero-order valence-electron chi connectivity index (χ0n) is 15.7. The highest BCUT2D eigenvalue weighted by Crippen LogP contribution is 2.17. The molecule has 146 valence electrons. The van der Waals surface area contributed by atoms with Crippen LogP contribution < -0.4 is 0 Å². The zero-order chi connectivity index (χ0) is 19.9. The summed E-state index contributed by atoms with van der Waals surface area (Å²) in [5.41, 5.74) is 1.93. The van der Waals surface area contributed by atoms with E-state index in [4.69, 9.17) is 5.11 Å². The van der Waals surface area contributed by atoms with Crippen molar-refractivity contribution in [2.45, 2.75) is 32.2 Å². The van der Waals surface area contributed by atoms with Gasteiger partial charge in [-0.2, -0.15) is 0 Å². The molecule has 6 heteroatoms.